The molecule has 1 aromatic heterocycles. The Morgan fingerprint density at radius 3 is 2.81 bits per heavy atom. The highest BCUT2D eigenvalue weighted by molar-refractivity contribution is 8.13. The minimum absolute atomic E-state index is 0.0661. The molecular formula is C15H18ClNO3S. The molecule has 1 atom stereocenters. The molecule has 6 heteroatoms. The van der Waals surface area contributed by atoms with Crippen LogP contribution in [-0.4, -0.2) is 25.8 Å². The van der Waals surface area contributed by atoms with Gasteiger partial charge in [0.2, 0.25) is 9.05 Å². The van der Waals surface area contributed by atoms with E-state index in [4.69, 9.17) is 15.4 Å². The van der Waals surface area contributed by atoms with E-state index in [-0.39, 0.29) is 11.7 Å². The summed E-state index contributed by atoms with van der Waals surface area (Å²) < 4.78 is 28.1. The molecule has 0 N–H and O–H groups in total. The lowest BCUT2D eigenvalue weighted by Crippen LogP contribution is -2.19. The first kappa shape index (κ1) is 16.0. The van der Waals surface area contributed by atoms with Crippen molar-refractivity contribution in [1.82, 2.24) is 4.98 Å². The first-order valence-corrected chi connectivity index (χ1v) is 9.35. The topological polar surface area (TPSA) is 56.3 Å². The third-order valence-electron chi connectivity index (χ3n) is 3.18. The van der Waals surface area contributed by atoms with Crippen LogP contribution in [-0.2, 0) is 9.05 Å². The Bertz CT molecular complexity index is 703. The van der Waals surface area contributed by atoms with E-state index in [1.54, 1.807) is 6.20 Å². The van der Waals surface area contributed by atoms with Crippen molar-refractivity contribution in [1.29, 1.82) is 0 Å². The molecule has 0 saturated carbocycles. The average molecular weight is 328 g/mol. The maximum Gasteiger partial charge on any atom is 0.232 e. The fraction of sp³-hybridized carbons (Fsp3) is 0.400. The second-order valence-electron chi connectivity index (χ2n) is 5.03. The summed E-state index contributed by atoms with van der Waals surface area (Å²) >= 11 is 0. The van der Waals surface area contributed by atoms with Crippen molar-refractivity contribution in [3.63, 3.8) is 0 Å². The van der Waals surface area contributed by atoms with Crippen LogP contribution in [0.15, 0.2) is 36.5 Å². The second kappa shape index (κ2) is 7.09. The van der Waals surface area contributed by atoms with Gasteiger partial charge in [0, 0.05) is 22.0 Å². The summed E-state index contributed by atoms with van der Waals surface area (Å²) in [6.07, 6.45) is 3.30. The number of nitrogens with zero attached hydrogens (tertiary/aromatic N) is 1. The normalized spacial score (nSPS) is 13.2. The van der Waals surface area contributed by atoms with Gasteiger partial charge in [0.05, 0.1) is 24.1 Å². The zero-order valence-electron chi connectivity index (χ0n) is 11.8. The van der Waals surface area contributed by atoms with Crippen LogP contribution in [0.2, 0.25) is 0 Å². The van der Waals surface area contributed by atoms with Crippen LogP contribution in [0.5, 0.6) is 5.75 Å². The van der Waals surface area contributed by atoms with Gasteiger partial charge in [-0.1, -0.05) is 31.5 Å². The van der Waals surface area contributed by atoms with Gasteiger partial charge in [0.1, 0.15) is 5.75 Å². The average Bonchev–Trinajstić information content (AvgIpc) is 2.43. The fourth-order valence-corrected chi connectivity index (χ4v) is 3.61. The first-order chi connectivity index (χ1) is 9.98. The number of ether oxygens (including phenoxy) is 1. The molecule has 0 aliphatic carbocycles. The lowest BCUT2D eigenvalue weighted by atomic mass is 10.1. The minimum atomic E-state index is -3.51. The van der Waals surface area contributed by atoms with E-state index in [1.165, 1.54) is 0 Å². The van der Waals surface area contributed by atoms with Gasteiger partial charge in [-0.25, -0.2) is 8.42 Å². The monoisotopic (exact) mass is 327 g/mol. The molecule has 1 unspecified atom stereocenters. The summed E-state index contributed by atoms with van der Waals surface area (Å²) in [5, 5.41) is 0.993. The van der Waals surface area contributed by atoms with Gasteiger partial charge in [-0.15, -0.1) is 0 Å². The fourth-order valence-electron chi connectivity index (χ4n) is 2.25. The third-order valence-corrected chi connectivity index (χ3v) is 4.43. The van der Waals surface area contributed by atoms with Gasteiger partial charge in [0.25, 0.3) is 0 Å². The number of rotatable bonds is 7. The van der Waals surface area contributed by atoms with Gasteiger partial charge in [-0.3, -0.25) is 4.98 Å². The SMILES string of the molecule is CCCC(COc1cnc2ccccc2c1)CS(=O)(=O)Cl. The van der Waals surface area contributed by atoms with E-state index < -0.39 is 9.05 Å². The smallest absolute Gasteiger partial charge is 0.232 e. The van der Waals surface area contributed by atoms with Crippen LogP contribution in [0.4, 0.5) is 0 Å². The Balaban J connectivity index is 2.04. The van der Waals surface area contributed by atoms with E-state index >= 15 is 0 Å². The Hall–Kier alpha value is -1.33. The highest BCUT2D eigenvalue weighted by Crippen LogP contribution is 2.20. The third kappa shape index (κ3) is 5.17. The van der Waals surface area contributed by atoms with E-state index in [1.807, 2.05) is 37.3 Å². The lowest BCUT2D eigenvalue weighted by molar-refractivity contribution is 0.252. The largest absolute Gasteiger partial charge is 0.492 e. The zero-order valence-corrected chi connectivity index (χ0v) is 13.4. The van der Waals surface area contributed by atoms with Gasteiger partial charge in [-0.2, -0.15) is 0 Å². The van der Waals surface area contributed by atoms with E-state index in [0.717, 1.165) is 23.7 Å². The van der Waals surface area contributed by atoms with Gasteiger partial charge in [0.15, 0.2) is 0 Å². The Morgan fingerprint density at radius 1 is 1.33 bits per heavy atom. The molecule has 0 saturated heterocycles. The molecule has 0 aliphatic heterocycles. The van der Waals surface area contributed by atoms with Gasteiger partial charge < -0.3 is 4.74 Å². The van der Waals surface area contributed by atoms with Gasteiger partial charge >= 0.3 is 0 Å². The summed E-state index contributed by atoms with van der Waals surface area (Å²) in [5.74, 6) is 0.467. The molecule has 0 fully saturated rings. The van der Waals surface area contributed by atoms with Crippen molar-refractivity contribution >= 4 is 30.6 Å². The maximum atomic E-state index is 11.2. The maximum absolute atomic E-state index is 11.2. The van der Waals surface area contributed by atoms with Crippen molar-refractivity contribution in [2.45, 2.75) is 19.8 Å². The molecule has 0 amide bonds. The van der Waals surface area contributed by atoms with Crippen LogP contribution < -0.4 is 4.74 Å². The van der Waals surface area contributed by atoms with Crippen molar-refractivity contribution in [2.24, 2.45) is 5.92 Å². The molecule has 0 bridgehead atoms. The van der Waals surface area contributed by atoms with Crippen LogP contribution in [0.3, 0.4) is 0 Å². The van der Waals surface area contributed by atoms with Gasteiger partial charge in [-0.05, 0) is 18.6 Å². The van der Waals surface area contributed by atoms with E-state index in [9.17, 15) is 8.42 Å². The summed E-state index contributed by atoms with van der Waals surface area (Å²) in [6.45, 7) is 2.32. The number of hydrogen-bond donors (Lipinski definition) is 0. The molecule has 0 radical (unpaired) electrons. The molecule has 0 spiro atoms. The number of fused-ring (bicyclic) bond motifs is 1. The summed E-state index contributed by atoms with van der Waals surface area (Å²) in [6, 6.07) is 9.66. The number of hydrogen-bond acceptors (Lipinski definition) is 4. The minimum Gasteiger partial charge on any atom is -0.492 e. The predicted octanol–water partition coefficient (Wildman–Crippen LogP) is 3.60. The molecule has 2 aromatic rings. The highest BCUT2D eigenvalue weighted by Gasteiger charge is 2.17. The van der Waals surface area contributed by atoms with Crippen LogP contribution >= 0.6 is 10.7 Å². The van der Waals surface area contributed by atoms with E-state index in [2.05, 4.69) is 4.98 Å². The summed E-state index contributed by atoms with van der Waals surface area (Å²) in [5.41, 5.74) is 0.901. The van der Waals surface area contributed by atoms with Crippen molar-refractivity contribution in [3.8, 4) is 5.75 Å². The molecule has 1 heterocycles. The number of halogens is 1. The molecular weight excluding hydrogens is 310 g/mol. The zero-order chi connectivity index (χ0) is 15.3. The lowest BCUT2D eigenvalue weighted by Gasteiger charge is -2.15. The van der Waals surface area contributed by atoms with Crippen molar-refractivity contribution < 1.29 is 13.2 Å². The molecule has 1 aromatic carbocycles. The Morgan fingerprint density at radius 2 is 2.10 bits per heavy atom. The summed E-state index contributed by atoms with van der Waals surface area (Å²) in [4.78, 5) is 4.31. The summed E-state index contributed by atoms with van der Waals surface area (Å²) in [7, 11) is 1.82. The highest BCUT2D eigenvalue weighted by atomic mass is 35.7. The second-order valence-corrected chi connectivity index (χ2v) is 7.86. The quantitative estimate of drug-likeness (QED) is 0.729. The Labute approximate surface area is 129 Å². The molecule has 2 rings (SSSR count). The molecule has 114 valence electrons. The predicted molar refractivity (Wildman–Crippen MR) is 85.3 cm³/mol. The number of benzene rings is 1. The number of aromatic nitrogens is 1. The molecule has 0 aliphatic rings. The van der Waals surface area contributed by atoms with Crippen LogP contribution in [0, 0.1) is 5.92 Å². The van der Waals surface area contributed by atoms with Crippen LogP contribution in [0.25, 0.3) is 10.9 Å². The van der Waals surface area contributed by atoms with Crippen molar-refractivity contribution in [3.05, 3.63) is 36.5 Å². The first-order valence-electron chi connectivity index (χ1n) is 6.88. The number of pyridine rings is 1. The molecule has 4 nitrogen and oxygen atoms in total. The standard InChI is InChI=1S/C15H18ClNO3S/c1-2-5-12(11-21(16,18)19)10-20-14-8-13-6-3-4-7-15(13)17-9-14/h3-4,6-9,12H,2,5,10-11H2,1H3. The van der Waals surface area contributed by atoms with Crippen molar-refractivity contribution in [2.75, 3.05) is 12.4 Å². The van der Waals surface area contributed by atoms with Crippen LogP contribution in [0.1, 0.15) is 19.8 Å². The Kier molecular flexibility index (Phi) is 5.42. The number of para-hydroxylation sites is 1. The molecule has 21 heavy (non-hydrogen) atoms. The van der Waals surface area contributed by atoms with E-state index in [0.29, 0.717) is 12.4 Å².